The lowest BCUT2D eigenvalue weighted by molar-refractivity contribution is 0.207. The second-order valence-corrected chi connectivity index (χ2v) is 8.09. The van der Waals surface area contributed by atoms with Gasteiger partial charge in [0.05, 0.1) is 0 Å². The molecule has 0 saturated carbocycles. The molecule has 0 rings (SSSR count). The number of unbranched alkanes of at least 4 members (excludes halogenated alkanes) is 14. The molecule has 0 spiro atoms. The summed E-state index contributed by atoms with van der Waals surface area (Å²) < 4.78 is 0. The smallest absolute Gasteiger partial charge is 0.0433 e. The van der Waals surface area contributed by atoms with Gasteiger partial charge in [-0.2, -0.15) is 0 Å². The lowest BCUT2D eigenvalue weighted by atomic mass is 9.94. The summed E-state index contributed by atoms with van der Waals surface area (Å²) in [5.74, 6) is 0.526. The molecule has 0 aliphatic heterocycles. The Morgan fingerprint density at radius 2 is 0.846 bits per heavy atom. The van der Waals surface area contributed by atoms with Crippen LogP contribution in [0.25, 0.3) is 0 Å². The Morgan fingerprint density at radius 1 is 0.500 bits per heavy atom. The fraction of sp³-hybridized carbons (Fsp3) is 1.00. The second kappa shape index (κ2) is 22.9. The number of nitrogens with one attached hydrogen (secondary N) is 1. The van der Waals surface area contributed by atoms with Crippen LogP contribution in [-0.4, -0.2) is 37.0 Å². The predicted molar refractivity (Wildman–Crippen MR) is 115 cm³/mol. The van der Waals surface area contributed by atoms with Gasteiger partial charge in [-0.1, -0.05) is 96.3 Å². The van der Waals surface area contributed by atoms with Crippen molar-refractivity contribution in [3.05, 3.63) is 0 Å². The lowest BCUT2D eigenvalue weighted by Crippen LogP contribution is -2.06. The van der Waals surface area contributed by atoms with Crippen LogP contribution in [0.15, 0.2) is 0 Å². The molecular weight excluding hydrogens is 322 g/mol. The van der Waals surface area contributed by atoms with Crippen molar-refractivity contribution in [2.24, 2.45) is 5.92 Å². The Kier molecular flexibility index (Phi) is 22.8. The molecule has 3 N–H and O–H groups in total. The van der Waals surface area contributed by atoms with E-state index in [9.17, 15) is 0 Å². The van der Waals surface area contributed by atoms with E-state index in [-0.39, 0.29) is 13.2 Å². The zero-order chi connectivity index (χ0) is 19.1. The zero-order valence-corrected chi connectivity index (χ0v) is 17.8. The standard InChI is InChI=1S/C23H49NO2/c1-24-20-16-14-12-10-8-6-4-2-3-5-7-9-11-13-15-17-23(18-21-25)19-22-26/h23-26H,2-22H2,1H3. The van der Waals surface area contributed by atoms with E-state index in [1.54, 1.807) is 0 Å². The summed E-state index contributed by atoms with van der Waals surface area (Å²) in [5, 5.41) is 21.3. The molecule has 0 saturated heterocycles. The number of hydrogen-bond acceptors (Lipinski definition) is 3. The Hall–Kier alpha value is -0.120. The summed E-state index contributed by atoms with van der Waals surface area (Å²) >= 11 is 0. The first kappa shape index (κ1) is 25.9. The van der Waals surface area contributed by atoms with Crippen molar-refractivity contribution in [1.29, 1.82) is 0 Å². The summed E-state index contributed by atoms with van der Waals surface area (Å²) in [6.07, 6.45) is 23.8. The van der Waals surface area contributed by atoms with Crippen molar-refractivity contribution < 1.29 is 10.2 Å². The first-order chi connectivity index (χ1) is 12.8. The molecule has 0 aliphatic rings. The minimum atomic E-state index is 0.265. The van der Waals surface area contributed by atoms with Gasteiger partial charge in [0, 0.05) is 13.2 Å². The normalized spacial score (nSPS) is 11.5. The number of rotatable bonds is 22. The first-order valence-electron chi connectivity index (χ1n) is 11.7. The molecule has 158 valence electrons. The summed E-state index contributed by atoms with van der Waals surface area (Å²) in [7, 11) is 2.04. The van der Waals surface area contributed by atoms with E-state index in [1.165, 1.54) is 109 Å². The van der Waals surface area contributed by atoms with Gasteiger partial charge < -0.3 is 15.5 Å². The van der Waals surface area contributed by atoms with Crippen molar-refractivity contribution in [3.63, 3.8) is 0 Å². The van der Waals surface area contributed by atoms with Crippen LogP contribution in [0, 0.1) is 5.92 Å². The first-order valence-corrected chi connectivity index (χ1v) is 11.7. The third-order valence-corrected chi connectivity index (χ3v) is 5.61. The highest BCUT2D eigenvalue weighted by Gasteiger charge is 2.06. The molecule has 0 aromatic carbocycles. The maximum Gasteiger partial charge on any atom is 0.0433 e. The molecule has 0 amide bonds. The number of aliphatic hydroxyl groups excluding tert-OH is 2. The molecule has 0 bridgehead atoms. The van der Waals surface area contributed by atoms with E-state index >= 15 is 0 Å². The van der Waals surface area contributed by atoms with Gasteiger partial charge in [-0.15, -0.1) is 0 Å². The topological polar surface area (TPSA) is 52.5 Å². The molecule has 3 nitrogen and oxygen atoms in total. The fourth-order valence-corrected chi connectivity index (χ4v) is 3.83. The lowest BCUT2D eigenvalue weighted by Gasteiger charge is -2.13. The van der Waals surface area contributed by atoms with Crippen molar-refractivity contribution in [3.8, 4) is 0 Å². The minimum absolute atomic E-state index is 0.265. The van der Waals surface area contributed by atoms with E-state index in [2.05, 4.69) is 5.32 Å². The van der Waals surface area contributed by atoms with Crippen molar-refractivity contribution in [1.82, 2.24) is 5.32 Å². The Morgan fingerprint density at radius 3 is 1.19 bits per heavy atom. The van der Waals surface area contributed by atoms with E-state index < -0.39 is 0 Å². The average molecular weight is 372 g/mol. The molecule has 0 radical (unpaired) electrons. The monoisotopic (exact) mass is 371 g/mol. The summed E-state index contributed by atoms with van der Waals surface area (Å²) in [4.78, 5) is 0. The predicted octanol–water partition coefficient (Wildman–Crippen LogP) is 5.83. The van der Waals surface area contributed by atoms with Gasteiger partial charge in [-0.25, -0.2) is 0 Å². The second-order valence-electron chi connectivity index (χ2n) is 8.09. The van der Waals surface area contributed by atoms with Crippen LogP contribution in [0.1, 0.15) is 116 Å². The van der Waals surface area contributed by atoms with Gasteiger partial charge in [0.1, 0.15) is 0 Å². The molecule has 0 unspecified atom stereocenters. The molecule has 0 atom stereocenters. The highest BCUT2D eigenvalue weighted by Crippen LogP contribution is 2.18. The zero-order valence-electron chi connectivity index (χ0n) is 17.8. The van der Waals surface area contributed by atoms with Crippen molar-refractivity contribution in [2.45, 2.75) is 116 Å². The average Bonchev–Trinajstić information content (AvgIpc) is 2.64. The molecule has 26 heavy (non-hydrogen) atoms. The van der Waals surface area contributed by atoms with Crippen LogP contribution in [0.3, 0.4) is 0 Å². The fourth-order valence-electron chi connectivity index (χ4n) is 3.83. The molecule has 0 aromatic rings. The van der Waals surface area contributed by atoms with Gasteiger partial charge in [0.15, 0.2) is 0 Å². The Balaban J connectivity index is 3.13. The number of hydrogen-bond donors (Lipinski definition) is 3. The highest BCUT2D eigenvalue weighted by atomic mass is 16.3. The minimum Gasteiger partial charge on any atom is -0.396 e. The Bertz CT molecular complexity index is 242. The Labute approximate surface area is 164 Å². The van der Waals surface area contributed by atoms with E-state index in [1.807, 2.05) is 7.05 Å². The van der Waals surface area contributed by atoms with Crippen LogP contribution in [0.4, 0.5) is 0 Å². The molecule has 3 heteroatoms. The maximum atomic E-state index is 9.02. The van der Waals surface area contributed by atoms with Gasteiger partial charge >= 0.3 is 0 Å². The van der Waals surface area contributed by atoms with Crippen LogP contribution in [0.5, 0.6) is 0 Å². The number of aliphatic hydroxyl groups is 2. The van der Waals surface area contributed by atoms with Gasteiger partial charge in [0.25, 0.3) is 0 Å². The van der Waals surface area contributed by atoms with E-state index in [0.29, 0.717) is 5.92 Å². The van der Waals surface area contributed by atoms with Crippen LogP contribution < -0.4 is 5.32 Å². The largest absolute Gasteiger partial charge is 0.396 e. The SMILES string of the molecule is CNCCCCCCCCCCCCCCCCCC(CCO)CCO. The maximum absolute atomic E-state index is 9.02. The highest BCUT2D eigenvalue weighted by molar-refractivity contribution is 4.59. The third kappa shape index (κ3) is 20.2. The van der Waals surface area contributed by atoms with Gasteiger partial charge in [-0.3, -0.25) is 0 Å². The van der Waals surface area contributed by atoms with Gasteiger partial charge in [0.2, 0.25) is 0 Å². The van der Waals surface area contributed by atoms with Gasteiger partial charge in [-0.05, 0) is 38.8 Å². The summed E-state index contributed by atoms with van der Waals surface area (Å²) in [5.41, 5.74) is 0. The van der Waals surface area contributed by atoms with Crippen LogP contribution >= 0.6 is 0 Å². The quantitative estimate of drug-likeness (QED) is 0.210. The summed E-state index contributed by atoms with van der Waals surface area (Å²) in [6.45, 7) is 1.70. The molecular formula is C23H49NO2. The van der Waals surface area contributed by atoms with E-state index in [4.69, 9.17) is 10.2 Å². The van der Waals surface area contributed by atoms with Crippen LogP contribution in [0.2, 0.25) is 0 Å². The summed E-state index contributed by atoms with van der Waals surface area (Å²) in [6, 6.07) is 0. The molecule has 0 fully saturated rings. The molecule has 0 aliphatic carbocycles. The van der Waals surface area contributed by atoms with E-state index in [0.717, 1.165) is 12.8 Å². The molecule has 0 heterocycles. The van der Waals surface area contributed by atoms with Crippen molar-refractivity contribution >= 4 is 0 Å². The van der Waals surface area contributed by atoms with Crippen molar-refractivity contribution in [2.75, 3.05) is 26.8 Å². The molecule has 0 aromatic heterocycles. The third-order valence-electron chi connectivity index (χ3n) is 5.61. The van der Waals surface area contributed by atoms with Crippen LogP contribution in [-0.2, 0) is 0 Å².